The number of carboxylic acid groups (broad SMARTS) is 1. The van der Waals surface area contributed by atoms with Gasteiger partial charge in [-0.25, -0.2) is 0 Å². The summed E-state index contributed by atoms with van der Waals surface area (Å²) in [4.78, 5) is 8.89. The zero-order valence-corrected chi connectivity index (χ0v) is 7.78. The first-order chi connectivity index (χ1) is 1.73. The normalized spacial score (nSPS) is 3.12. The van der Waals surface area contributed by atoms with E-state index in [9.17, 15) is 0 Å². The molecule has 0 unspecified atom stereocenters. The molecule has 0 rings (SSSR count). The average molecular weight is 213 g/mol. The van der Waals surface area contributed by atoms with Crippen molar-refractivity contribution in [3.05, 3.63) is 0 Å². The zero-order chi connectivity index (χ0) is 3.58. The Hall–Kier alpha value is 1.05. The Balaban J connectivity index is -0.00000000750. The van der Waals surface area contributed by atoms with Crippen LogP contribution in [0.3, 0.4) is 0 Å². The van der Waals surface area contributed by atoms with Crippen LogP contribution < -0.4 is 42.3 Å². The Bertz CT molecular complexity index is 38.3. The second-order valence-electron chi connectivity index (χ2n) is 0.492. The van der Waals surface area contributed by atoms with Gasteiger partial charge in [0.05, 0.1) is 0 Å². The van der Waals surface area contributed by atoms with E-state index in [1.807, 2.05) is 0 Å². The summed E-state index contributed by atoms with van der Waals surface area (Å²) in [6, 6.07) is 0. The molecule has 0 bridgehead atoms. The van der Waals surface area contributed by atoms with E-state index in [1.54, 1.807) is 0 Å². The zero-order valence-electron chi connectivity index (χ0n) is 3.95. The van der Waals surface area contributed by atoms with E-state index in [0.717, 1.165) is 6.92 Å². The molecule has 0 fully saturated rings. The fourth-order valence-electron chi connectivity index (χ4n) is 0. The van der Waals surface area contributed by atoms with Crippen molar-refractivity contribution in [1.29, 1.82) is 0 Å². The van der Waals surface area contributed by atoms with Gasteiger partial charge in [0.25, 0.3) is 0 Å². The van der Waals surface area contributed by atoms with E-state index >= 15 is 0 Å². The third kappa shape index (κ3) is 233. The number of hydrogen-bond donors (Lipinski definition) is 0. The van der Waals surface area contributed by atoms with Crippen LogP contribution >= 0.6 is 0 Å². The van der Waals surface area contributed by atoms with Crippen molar-refractivity contribution in [3.8, 4) is 0 Å². The number of carbonyl (C=O) groups excluding carboxylic acids is 1. The van der Waals surface area contributed by atoms with E-state index in [2.05, 4.69) is 0 Å². The van der Waals surface area contributed by atoms with Gasteiger partial charge in [-0.2, -0.15) is 0 Å². The quantitative estimate of drug-likeness (QED) is 0.375. The number of carbonyl (C=O) groups is 1. The molecule has 0 amide bonds. The predicted molar refractivity (Wildman–Crippen MR) is 10.7 cm³/mol. The molecule has 0 atom stereocenters. The minimum absolute atomic E-state index is 0. The molecule has 0 aromatic rings. The molecule has 6 heteroatoms. The van der Waals surface area contributed by atoms with Crippen LogP contribution in [-0.2, 0) is 26.5 Å². The molecular formula is C2H3Cl3O2Ti. The van der Waals surface area contributed by atoms with Gasteiger partial charge >= 0.3 is 21.7 Å². The van der Waals surface area contributed by atoms with Gasteiger partial charge in [0, 0.05) is 5.97 Å². The van der Waals surface area contributed by atoms with E-state index in [0.29, 0.717) is 0 Å². The van der Waals surface area contributed by atoms with Crippen molar-refractivity contribution in [2.24, 2.45) is 0 Å². The molecule has 0 heterocycles. The summed E-state index contributed by atoms with van der Waals surface area (Å²) in [5.41, 5.74) is 0. The van der Waals surface area contributed by atoms with Gasteiger partial charge in [-0.15, -0.1) is 0 Å². The van der Waals surface area contributed by atoms with E-state index < -0.39 is 5.97 Å². The summed E-state index contributed by atoms with van der Waals surface area (Å²) >= 11 is 0. The number of aliphatic carboxylic acids is 1. The largest absolute Gasteiger partial charge is 4.00 e. The van der Waals surface area contributed by atoms with Gasteiger partial charge in [-0.05, 0) is 6.92 Å². The first-order valence-corrected chi connectivity index (χ1v) is 0.908. The van der Waals surface area contributed by atoms with E-state index in [-0.39, 0.29) is 58.9 Å². The van der Waals surface area contributed by atoms with Crippen LogP contribution in [0.1, 0.15) is 6.92 Å². The second-order valence-corrected chi connectivity index (χ2v) is 0.492. The molecule has 0 aromatic carbocycles. The summed E-state index contributed by atoms with van der Waals surface area (Å²) in [5.74, 6) is -1.08. The van der Waals surface area contributed by atoms with Crippen molar-refractivity contribution >= 4 is 5.97 Å². The van der Waals surface area contributed by atoms with Gasteiger partial charge in [0.1, 0.15) is 0 Å². The molecule has 48 valence electrons. The van der Waals surface area contributed by atoms with Crippen molar-refractivity contribution in [3.63, 3.8) is 0 Å². The van der Waals surface area contributed by atoms with Gasteiger partial charge in [-0.3, -0.25) is 0 Å². The molecule has 0 saturated heterocycles. The molecule has 0 aliphatic carbocycles. The standard InChI is InChI=1S/C2H4O2.3ClH.Ti/c1-2(3)4;;;;/h1H3,(H,3,4);3*1H;/q;;;;+4/p-4. The first-order valence-electron chi connectivity index (χ1n) is 0.908. The smallest absolute Gasteiger partial charge is 1.00 e. The van der Waals surface area contributed by atoms with Crippen LogP contribution in [0.2, 0.25) is 0 Å². The van der Waals surface area contributed by atoms with Crippen LogP contribution in [0.5, 0.6) is 0 Å². The molecule has 0 spiro atoms. The Morgan fingerprint density at radius 1 is 1.25 bits per heavy atom. The first kappa shape index (κ1) is 35.7. The van der Waals surface area contributed by atoms with Crippen molar-refractivity contribution < 1.29 is 68.8 Å². The maximum absolute atomic E-state index is 8.89. The fraction of sp³-hybridized carbons (Fsp3) is 0.500. The fourth-order valence-corrected chi connectivity index (χ4v) is 0. The van der Waals surface area contributed by atoms with Crippen molar-refractivity contribution in [2.45, 2.75) is 6.92 Å². The van der Waals surface area contributed by atoms with Crippen LogP contribution in [0.15, 0.2) is 0 Å². The molecule has 0 saturated carbocycles. The second kappa shape index (κ2) is 24.4. The Kier molecular flexibility index (Phi) is 109. The number of rotatable bonds is 0. The van der Waals surface area contributed by atoms with Crippen LogP contribution in [-0.4, -0.2) is 5.97 Å². The summed E-state index contributed by atoms with van der Waals surface area (Å²) in [5, 5.41) is 8.89. The molecule has 2 nitrogen and oxygen atoms in total. The van der Waals surface area contributed by atoms with E-state index in [1.165, 1.54) is 0 Å². The average Bonchev–Trinajstić information content (AvgIpc) is 0.811. The Morgan fingerprint density at radius 3 is 1.25 bits per heavy atom. The van der Waals surface area contributed by atoms with Crippen LogP contribution in [0.4, 0.5) is 0 Å². The summed E-state index contributed by atoms with van der Waals surface area (Å²) in [6.45, 7) is 0.972. The molecule has 0 aromatic heterocycles. The van der Waals surface area contributed by atoms with Crippen molar-refractivity contribution in [1.82, 2.24) is 0 Å². The monoisotopic (exact) mass is 212 g/mol. The molecular weight excluding hydrogens is 210 g/mol. The molecule has 0 aliphatic rings. The van der Waals surface area contributed by atoms with Crippen molar-refractivity contribution in [2.75, 3.05) is 0 Å². The number of carboxylic acids is 1. The molecule has 0 radical (unpaired) electrons. The van der Waals surface area contributed by atoms with Crippen LogP contribution in [0, 0.1) is 0 Å². The number of hydrogen-bond acceptors (Lipinski definition) is 2. The number of halogens is 3. The van der Waals surface area contributed by atoms with E-state index in [4.69, 9.17) is 9.90 Å². The predicted octanol–water partition coefficient (Wildman–Crippen LogP) is -10.2. The SMILES string of the molecule is CC(=O)[O-].[Cl-].[Cl-].[Cl-].[Ti+4]. The summed E-state index contributed by atoms with van der Waals surface area (Å²) < 4.78 is 0. The van der Waals surface area contributed by atoms with Gasteiger partial charge < -0.3 is 47.1 Å². The van der Waals surface area contributed by atoms with Gasteiger partial charge in [0.2, 0.25) is 0 Å². The summed E-state index contributed by atoms with van der Waals surface area (Å²) in [7, 11) is 0. The topological polar surface area (TPSA) is 40.1 Å². The maximum atomic E-state index is 8.89. The summed E-state index contributed by atoms with van der Waals surface area (Å²) in [6.07, 6.45) is 0. The maximum Gasteiger partial charge on any atom is 4.00 e. The Labute approximate surface area is 81.5 Å². The minimum Gasteiger partial charge on any atom is -1.00 e. The van der Waals surface area contributed by atoms with Gasteiger partial charge in [0.15, 0.2) is 0 Å². The van der Waals surface area contributed by atoms with Crippen LogP contribution in [0.25, 0.3) is 0 Å². The third-order valence-electron chi connectivity index (χ3n) is 0. The third-order valence-corrected chi connectivity index (χ3v) is 0. The minimum atomic E-state index is -1.08. The van der Waals surface area contributed by atoms with Gasteiger partial charge in [-0.1, -0.05) is 0 Å². The Morgan fingerprint density at radius 2 is 1.25 bits per heavy atom. The molecule has 0 N–H and O–H groups in total. The molecule has 0 aliphatic heterocycles. The molecule has 8 heavy (non-hydrogen) atoms.